The van der Waals surface area contributed by atoms with Crippen molar-refractivity contribution in [3.63, 3.8) is 0 Å². The van der Waals surface area contributed by atoms with Crippen molar-refractivity contribution in [3.05, 3.63) is 36.4 Å². The molecule has 3 heteroatoms. The first-order valence-electron chi connectivity index (χ1n) is 5.88. The van der Waals surface area contributed by atoms with Crippen molar-refractivity contribution in [3.8, 4) is 0 Å². The number of hydrogen-bond acceptors (Lipinski definition) is 2. The lowest BCUT2D eigenvalue weighted by Crippen LogP contribution is -2.35. The minimum absolute atomic E-state index is 0.263. The normalized spacial score (nSPS) is 30.2. The van der Waals surface area contributed by atoms with Crippen molar-refractivity contribution >= 4 is 0 Å². The fraction of sp³-hybridized carbons (Fsp3) is 0.538. The zero-order valence-corrected chi connectivity index (χ0v) is 9.39. The number of aliphatic hydroxyl groups is 2. The van der Waals surface area contributed by atoms with Crippen LogP contribution >= 0.6 is 0 Å². The Morgan fingerprint density at radius 3 is 3.12 bits per heavy atom. The first-order chi connectivity index (χ1) is 7.74. The van der Waals surface area contributed by atoms with Gasteiger partial charge in [-0.25, -0.2) is 0 Å². The fourth-order valence-corrected chi connectivity index (χ4v) is 2.73. The maximum atomic E-state index is 10.6. The van der Waals surface area contributed by atoms with Gasteiger partial charge in [0.25, 0.3) is 0 Å². The minimum atomic E-state index is -0.607. The number of H-pyrrole nitrogens is 1. The number of rotatable bonds is 4. The summed E-state index contributed by atoms with van der Waals surface area (Å²) in [6.07, 6.45) is 9.11. The van der Waals surface area contributed by atoms with Crippen LogP contribution < -0.4 is 0 Å². The van der Waals surface area contributed by atoms with Gasteiger partial charge in [0.05, 0.1) is 11.9 Å². The minimum Gasteiger partial charge on any atom is -0.516 e. The van der Waals surface area contributed by atoms with Gasteiger partial charge in [0, 0.05) is 18.3 Å². The highest BCUT2D eigenvalue weighted by molar-refractivity contribution is 5.10. The SMILES string of the molecule is OC=CCC1CCCC1(O)Cc1ccc[nH]1. The van der Waals surface area contributed by atoms with Crippen LogP contribution in [0.15, 0.2) is 30.7 Å². The van der Waals surface area contributed by atoms with Crippen molar-refractivity contribution in [2.75, 3.05) is 0 Å². The van der Waals surface area contributed by atoms with Gasteiger partial charge in [-0.15, -0.1) is 0 Å². The highest BCUT2D eigenvalue weighted by Gasteiger charge is 2.40. The van der Waals surface area contributed by atoms with Gasteiger partial charge in [0.1, 0.15) is 0 Å². The molecular weight excluding hydrogens is 202 g/mol. The highest BCUT2D eigenvalue weighted by Crippen LogP contribution is 2.40. The van der Waals surface area contributed by atoms with Crippen LogP contribution in [0.2, 0.25) is 0 Å². The Morgan fingerprint density at radius 1 is 1.56 bits per heavy atom. The molecule has 0 aromatic carbocycles. The van der Waals surface area contributed by atoms with Crippen molar-refractivity contribution in [2.24, 2.45) is 5.92 Å². The van der Waals surface area contributed by atoms with E-state index in [2.05, 4.69) is 4.98 Å². The maximum Gasteiger partial charge on any atom is 0.0751 e. The van der Waals surface area contributed by atoms with Crippen LogP contribution in [-0.2, 0) is 6.42 Å². The van der Waals surface area contributed by atoms with Crippen LogP contribution in [-0.4, -0.2) is 20.8 Å². The lowest BCUT2D eigenvalue weighted by atomic mass is 9.84. The van der Waals surface area contributed by atoms with Gasteiger partial charge in [-0.05, 0) is 43.4 Å². The molecule has 0 radical (unpaired) electrons. The monoisotopic (exact) mass is 221 g/mol. The third kappa shape index (κ3) is 2.30. The van der Waals surface area contributed by atoms with Gasteiger partial charge in [-0.1, -0.05) is 6.42 Å². The molecule has 3 nitrogen and oxygen atoms in total. The van der Waals surface area contributed by atoms with Gasteiger partial charge in [-0.2, -0.15) is 0 Å². The lowest BCUT2D eigenvalue weighted by Gasteiger charge is -2.29. The van der Waals surface area contributed by atoms with Crippen LogP contribution in [0.25, 0.3) is 0 Å². The molecule has 0 spiro atoms. The number of aliphatic hydroxyl groups excluding tert-OH is 1. The van der Waals surface area contributed by atoms with E-state index < -0.39 is 5.60 Å². The molecule has 1 aromatic rings. The summed E-state index contributed by atoms with van der Waals surface area (Å²) in [7, 11) is 0. The molecule has 2 unspecified atom stereocenters. The van der Waals surface area contributed by atoms with Crippen molar-refractivity contribution in [2.45, 2.75) is 37.7 Å². The van der Waals surface area contributed by atoms with E-state index in [0.29, 0.717) is 6.42 Å². The Balaban J connectivity index is 2.04. The molecule has 0 bridgehead atoms. The molecule has 2 atom stereocenters. The number of hydrogen-bond donors (Lipinski definition) is 3. The first kappa shape index (κ1) is 11.3. The second kappa shape index (κ2) is 4.74. The lowest BCUT2D eigenvalue weighted by molar-refractivity contribution is 0.00301. The van der Waals surface area contributed by atoms with E-state index in [1.165, 1.54) is 0 Å². The Hall–Kier alpha value is -1.22. The number of aromatic nitrogens is 1. The van der Waals surface area contributed by atoms with E-state index in [1.807, 2.05) is 18.3 Å². The average Bonchev–Trinajstić information content (AvgIpc) is 2.86. The molecule has 1 aromatic heterocycles. The summed E-state index contributed by atoms with van der Waals surface area (Å²) in [5, 5.41) is 19.3. The molecule has 1 aliphatic carbocycles. The summed E-state index contributed by atoms with van der Waals surface area (Å²) >= 11 is 0. The average molecular weight is 221 g/mol. The van der Waals surface area contributed by atoms with Crippen LogP contribution in [0.3, 0.4) is 0 Å². The highest BCUT2D eigenvalue weighted by atomic mass is 16.3. The molecular formula is C13H19NO2. The van der Waals surface area contributed by atoms with Crippen molar-refractivity contribution in [1.82, 2.24) is 4.98 Å². The second-order valence-electron chi connectivity index (χ2n) is 4.69. The van der Waals surface area contributed by atoms with Gasteiger partial charge >= 0.3 is 0 Å². The Labute approximate surface area is 95.8 Å². The van der Waals surface area contributed by atoms with Crippen LogP contribution in [0.1, 0.15) is 31.4 Å². The van der Waals surface area contributed by atoms with Crippen LogP contribution in [0, 0.1) is 5.92 Å². The van der Waals surface area contributed by atoms with Crippen LogP contribution in [0.4, 0.5) is 0 Å². The molecule has 0 amide bonds. The largest absolute Gasteiger partial charge is 0.516 e. The molecule has 1 saturated carbocycles. The van der Waals surface area contributed by atoms with E-state index in [4.69, 9.17) is 5.11 Å². The molecule has 3 N–H and O–H groups in total. The standard InChI is InChI=1S/C13H19NO2/c15-9-3-5-11-4-1-7-13(11,16)10-12-6-2-8-14-12/h2-3,6,8-9,11,14-16H,1,4-5,7,10H2. The molecule has 2 rings (SSSR count). The molecule has 1 aliphatic rings. The smallest absolute Gasteiger partial charge is 0.0751 e. The number of allylic oxidation sites excluding steroid dienone is 1. The predicted molar refractivity (Wildman–Crippen MR) is 63.2 cm³/mol. The molecule has 0 saturated heterocycles. The third-order valence-electron chi connectivity index (χ3n) is 3.61. The van der Waals surface area contributed by atoms with Gasteiger partial charge in [0.2, 0.25) is 0 Å². The van der Waals surface area contributed by atoms with E-state index in [9.17, 15) is 5.11 Å². The molecule has 1 heterocycles. The number of nitrogens with one attached hydrogen (secondary N) is 1. The van der Waals surface area contributed by atoms with Gasteiger partial charge in [0.15, 0.2) is 0 Å². The second-order valence-corrected chi connectivity index (χ2v) is 4.69. The van der Waals surface area contributed by atoms with E-state index in [-0.39, 0.29) is 5.92 Å². The Bertz CT molecular complexity index is 345. The van der Waals surface area contributed by atoms with Crippen molar-refractivity contribution < 1.29 is 10.2 Å². The third-order valence-corrected chi connectivity index (χ3v) is 3.61. The first-order valence-corrected chi connectivity index (χ1v) is 5.88. The molecule has 0 aliphatic heterocycles. The quantitative estimate of drug-likeness (QED) is 0.684. The predicted octanol–water partition coefficient (Wildman–Crippen LogP) is 2.55. The molecule has 16 heavy (non-hydrogen) atoms. The van der Waals surface area contributed by atoms with E-state index >= 15 is 0 Å². The Morgan fingerprint density at radius 2 is 2.44 bits per heavy atom. The summed E-state index contributed by atoms with van der Waals surface area (Å²) in [6.45, 7) is 0. The summed E-state index contributed by atoms with van der Waals surface area (Å²) in [5.74, 6) is 0.263. The Kier molecular flexibility index (Phi) is 3.34. The number of aromatic amines is 1. The van der Waals surface area contributed by atoms with Gasteiger partial charge < -0.3 is 15.2 Å². The molecule has 1 fully saturated rings. The van der Waals surface area contributed by atoms with Crippen LogP contribution in [0.5, 0.6) is 0 Å². The zero-order chi connectivity index (χ0) is 11.4. The summed E-state index contributed by atoms with van der Waals surface area (Å²) in [6, 6.07) is 3.96. The summed E-state index contributed by atoms with van der Waals surface area (Å²) in [5.41, 5.74) is 0.479. The van der Waals surface area contributed by atoms with Crippen molar-refractivity contribution in [1.29, 1.82) is 0 Å². The zero-order valence-electron chi connectivity index (χ0n) is 9.39. The van der Waals surface area contributed by atoms with Gasteiger partial charge in [-0.3, -0.25) is 0 Å². The maximum absolute atomic E-state index is 10.6. The molecule has 88 valence electrons. The summed E-state index contributed by atoms with van der Waals surface area (Å²) in [4.78, 5) is 3.14. The van der Waals surface area contributed by atoms with E-state index in [1.54, 1.807) is 6.08 Å². The van der Waals surface area contributed by atoms with E-state index in [0.717, 1.165) is 37.6 Å². The fourth-order valence-electron chi connectivity index (χ4n) is 2.73. The summed E-state index contributed by atoms with van der Waals surface area (Å²) < 4.78 is 0. The topological polar surface area (TPSA) is 56.2 Å².